The molecule has 0 aliphatic carbocycles. The van der Waals surface area contributed by atoms with E-state index in [-0.39, 0.29) is 12.5 Å². The van der Waals surface area contributed by atoms with Crippen molar-refractivity contribution in [2.75, 3.05) is 26.7 Å². The highest BCUT2D eigenvalue weighted by Gasteiger charge is 2.31. The first kappa shape index (κ1) is 15.4. The minimum Gasteiger partial charge on any atom is -0.337 e. The Labute approximate surface area is 120 Å². The first-order valence-corrected chi connectivity index (χ1v) is 8.22. The smallest absolute Gasteiger partial charge is 0.282 e. The van der Waals surface area contributed by atoms with E-state index >= 15 is 0 Å². The highest BCUT2D eigenvalue weighted by atomic mass is 32.2. The lowest BCUT2D eigenvalue weighted by atomic mass is 10.0. The Bertz CT molecular complexity index is 542. The number of hydrogen-bond acceptors (Lipinski definition) is 4. The molecule has 0 aromatic carbocycles. The Morgan fingerprint density at radius 2 is 2.30 bits per heavy atom. The fourth-order valence-corrected chi connectivity index (χ4v) is 3.89. The highest BCUT2D eigenvalue weighted by molar-refractivity contribution is 7.86. The summed E-state index contributed by atoms with van der Waals surface area (Å²) in [6.07, 6.45) is 5.35. The Morgan fingerprint density at radius 3 is 2.90 bits per heavy atom. The van der Waals surface area contributed by atoms with E-state index in [4.69, 9.17) is 5.73 Å². The molecule has 0 bridgehead atoms. The third-order valence-electron chi connectivity index (χ3n) is 3.82. The van der Waals surface area contributed by atoms with Gasteiger partial charge in [-0.15, -0.1) is 0 Å². The van der Waals surface area contributed by atoms with Crippen LogP contribution in [0.3, 0.4) is 0 Å². The summed E-state index contributed by atoms with van der Waals surface area (Å²) in [5.41, 5.74) is 5.67. The molecule has 0 radical (unpaired) electrons. The van der Waals surface area contributed by atoms with Crippen LogP contribution in [0, 0.1) is 5.92 Å². The quantitative estimate of drug-likeness (QED) is 0.814. The van der Waals surface area contributed by atoms with Crippen molar-refractivity contribution in [3.05, 3.63) is 18.2 Å². The fraction of sp³-hybridized carbons (Fsp3) is 0.750. The van der Waals surface area contributed by atoms with Crippen molar-refractivity contribution in [3.63, 3.8) is 0 Å². The molecule has 1 fully saturated rings. The molecule has 1 aliphatic heterocycles. The number of hydrogen-bond donors (Lipinski definition) is 1. The van der Waals surface area contributed by atoms with E-state index in [9.17, 15) is 8.42 Å². The number of aryl methyl sites for hydroxylation is 1. The van der Waals surface area contributed by atoms with E-state index in [1.54, 1.807) is 19.4 Å². The van der Waals surface area contributed by atoms with Crippen molar-refractivity contribution >= 4 is 10.2 Å². The third kappa shape index (κ3) is 3.20. The molecule has 2 N–H and O–H groups in total. The molecule has 2 rings (SSSR count). The van der Waals surface area contributed by atoms with Crippen LogP contribution < -0.4 is 5.73 Å². The van der Waals surface area contributed by atoms with Crippen molar-refractivity contribution < 1.29 is 8.42 Å². The molecule has 8 heteroatoms. The van der Waals surface area contributed by atoms with Gasteiger partial charge in [0.1, 0.15) is 5.82 Å². The average molecular weight is 301 g/mol. The summed E-state index contributed by atoms with van der Waals surface area (Å²) < 4.78 is 29.8. The maximum atomic E-state index is 12.6. The molecule has 7 nitrogen and oxygen atoms in total. The average Bonchev–Trinajstić information content (AvgIpc) is 2.84. The second kappa shape index (κ2) is 6.21. The summed E-state index contributed by atoms with van der Waals surface area (Å²) in [5, 5.41) is 0. The van der Waals surface area contributed by atoms with Crippen LogP contribution in [-0.2, 0) is 23.8 Å². The molecule has 1 unspecified atom stereocenters. The molecule has 1 saturated heterocycles. The normalized spacial score (nSPS) is 21.5. The molecule has 2 heterocycles. The van der Waals surface area contributed by atoms with Crippen LogP contribution >= 0.6 is 0 Å². The topological polar surface area (TPSA) is 84.5 Å². The first-order chi connectivity index (χ1) is 9.45. The predicted octanol–water partition coefficient (Wildman–Crippen LogP) is -0.233. The summed E-state index contributed by atoms with van der Waals surface area (Å²) in [6, 6.07) is 0. The molecule has 1 aromatic rings. The molecule has 1 aromatic heterocycles. The molecule has 1 atom stereocenters. The minimum atomic E-state index is -3.44. The van der Waals surface area contributed by atoms with Gasteiger partial charge in [-0.3, -0.25) is 0 Å². The van der Waals surface area contributed by atoms with Gasteiger partial charge >= 0.3 is 0 Å². The van der Waals surface area contributed by atoms with Gasteiger partial charge in [-0.25, -0.2) is 4.98 Å². The number of aromatic nitrogens is 2. The van der Waals surface area contributed by atoms with Crippen LogP contribution in [0.2, 0.25) is 0 Å². The van der Waals surface area contributed by atoms with Gasteiger partial charge in [-0.05, 0) is 25.3 Å². The van der Waals surface area contributed by atoms with E-state index in [0.29, 0.717) is 19.6 Å². The zero-order chi connectivity index (χ0) is 14.8. The maximum Gasteiger partial charge on any atom is 0.282 e. The van der Waals surface area contributed by atoms with Crippen LogP contribution in [-0.4, -0.2) is 53.3 Å². The van der Waals surface area contributed by atoms with Crippen molar-refractivity contribution in [2.24, 2.45) is 18.7 Å². The van der Waals surface area contributed by atoms with E-state index < -0.39 is 10.2 Å². The van der Waals surface area contributed by atoms with Gasteiger partial charge in [0.2, 0.25) is 0 Å². The minimum absolute atomic E-state index is 0.264. The van der Waals surface area contributed by atoms with Crippen LogP contribution in [0.4, 0.5) is 0 Å². The zero-order valence-electron chi connectivity index (χ0n) is 12.1. The van der Waals surface area contributed by atoms with Crippen LogP contribution in [0.1, 0.15) is 18.7 Å². The van der Waals surface area contributed by atoms with Crippen molar-refractivity contribution in [3.8, 4) is 0 Å². The van der Waals surface area contributed by atoms with Crippen molar-refractivity contribution in [2.45, 2.75) is 19.4 Å². The summed E-state index contributed by atoms with van der Waals surface area (Å²) in [4.78, 5) is 4.16. The lowest BCUT2D eigenvalue weighted by molar-refractivity contribution is 0.254. The summed E-state index contributed by atoms with van der Waals surface area (Å²) in [6.45, 7) is 1.90. The molecule has 0 spiro atoms. The lowest BCUT2D eigenvalue weighted by Gasteiger charge is -2.33. The van der Waals surface area contributed by atoms with Crippen LogP contribution in [0.15, 0.2) is 12.4 Å². The molecular formula is C12H23N5O2S. The van der Waals surface area contributed by atoms with Gasteiger partial charge in [0.05, 0.1) is 6.54 Å². The molecule has 114 valence electrons. The number of nitrogens with two attached hydrogens (primary N) is 1. The van der Waals surface area contributed by atoms with Gasteiger partial charge in [-0.2, -0.15) is 17.0 Å². The standard InChI is InChI=1S/C12H23N5O2S/c1-15-7-5-14-12(15)10-16(2)20(18,19)17-6-3-4-11(8-13)9-17/h5,7,11H,3-4,6,8-10,13H2,1-2H3. The van der Waals surface area contributed by atoms with Crippen LogP contribution in [0.25, 0.3) is 0 Å². The number of nitrogens with zero attached hydrogens (tertiary/aromatic N) is 4. The summed E-state index contributed by atoms with van der Waals surface area (Å²) in [7, 11) is 0.00851. The largest absolute Gasteiger partial charge is 0.337 e. The number of rotatable bonds is 5. The summed E-state index contributed by atoms with van der Waals surface area (Å²) in [5.74, 6) is 0.989. The Kier molecular flexibility index (Phi) is 4.79. The lowest BCUT2D eigenvalue weighted by Crippen LogP contribution is -2.47. The van der Waals surface area contributed by atoms with Gasteiger partial charge < -0.3 is 10.3 Å². The fourth-order valence-electron chi connectivity index (χ4n) is 2.46. The van der Waals surface area contributed by atoms with E-state index in [1.807, 2.05) is 11.6 Å². The van der Waals surface area contributed by atoms with Gasteiger partial charge in [0.15, 0.2) is 0 Å². The Morgan fingerprint density at radius 1 is 1.55 bits per heavy atom. The molecule has 0 saturated carbocycles. The highest BCUT2D eigenvalue weighted by Crippen LogP contribution is 2.20. The number of piperidine rings is 1. The first-order valence-electron chi connectivity index (χ1n) is 6.83. The second-order valence-corrected chi connectivity index (χ2v) is 7.36. The number of imidazole rings is 1. The zero-order valence-corrected chi connectivity index (χ0v) is 12.9. The third-order valence-corrected chi connectivity index (χ3v) is 5.72. The van der Waals surface area contributed by atoms with Crippen molar-refractivity contribution in [1.29, 1.82) is 0 Å². The second-order valence-electron chi connectivity index (χ2n) is 5.32. The predicted molar refractivity (Wildman–Crippen MR) is 76.9 cm³/mol. The molecule has 0 amide bonds. The summed E-state index contributed by atoms with van der Waals surface area (Å²) >= 11 is 0. The van der Waals surface area contributed by atoms with E-state index in [1.165, 1.54) is 8.61 Å². The van der Waals surface area contributed by atoms with Gasteiger partial charge in [0, 0.05) is 39.6 Å². The monoisotopic (exact) mass is 301 g/mol. The molecule has 20 heavy (non-hydrogen) atoms. The van der Waals surface area contributed by atoms with E-state index in [2.05, 4.69) is 4.98 Å². The Hall–Kier alpha value is -0.960. The van der Waals surface area contributed by atoms with Gasteiger partial charge in [-0.1, -0.05) is 0 Å². The molecular weight excluding hydrogens is 278 g/mol. The Balaban J connectivity index is 2.07. The SMILES string of the molecule is CN(Cc1nccn1C)S(=O)(=O)N1CCCC(CN)C1. The van der Waals surface area contributed by atoms with Crippen LogP contribution in [0.5, 0.6) is 0 Å². The van der Waals surface area contributed by atoms with Crippen molar-refractivity contribution in [1.82, 2.24) is 18.2 Å². The molecule has 1 aliphatic rings. The van der Waals surface area contributed by atoms with Gasteiger partial charge in [0.25, 0.3) is 10.2 Å². The van der Waals surface area contributed by atoms with E-state index in [0.717, 1.165) is 18.7 Å². The maximum absolute atomic E-state index is 12.6.